The Labute approximate surface area is 102 Å². The molecule has 0 saturated heterocycles. The molecule has 0 fully saturated rings. The summed E-state index contributed by atoms with van der Waals surface area (Å²) in [6.07, 6.45) is 1.87. The summed E-state index contributed by atoms with van der Waals surface area (Å²) in [7, 11) is 0. The van der Waals surface area contributed by atoms with Crippen molar-refractivity contribution in [2.45, 2.75) is 21.0 Å². The molecule has 0 N–H and O–H groups in total. The van der Waals surface area contributed by atoms with E-state index in [1.54, 1.807) is 6.08 Å². The highest BCUT2D eigenvalue weighted by atomic mass is 35.5. The van der Waals surface area contributed by atoms with Gasteiger partial charge < -0.3 is 0 Å². The Morgan fingerprint density at radius 3 is 2.00 bits per heavy atom. The zero-order chi connectivity index (χ0) is 9.78. The summed E-state index contributed by atoms with van der Waals surface area (Å²) in [6.45, 7) is 0. The van der Waals surface area contributed by atoms with Gasteiger partial charge >= 0.3 is 0 Å². The average Bonchev–Trinajstić information content (AvgIpc) is 1.99. The van der Waals surface area contributed by atoms with Gasteiger partial charge in [-0.15, -0.1) is 34.8 Å². The van der Waals surface area contributed by atoms with Crippen molar-refractivity contribution in [3.8, 4) is 0 Å². The Balaban J connectivity index is 4.17. The van der Waals surface area contributed by atoms with E-state index in [2.05, 4.69) is 0 Å². The van der Waals surface area contributed by atoms with Gasteiger partial charge in [-0.3, -0.25) is 0 Å². The molecule has 0 amide bonds. The van der Waals surface area contributed by atoms with Crippen LogP contribution in [0.25, 0.3) is 0 Å². The van der Waals surface area contributed by atoms with Crippen molar-refractivity contribution in [1.29, 1.82) is 0 Å². The number of hydrogen-bond donors (Lipinski definition) is 0. The zero-order valence-electron chi connectivity index (χ0n) is 5.78. The molecule has 0 aromatic rings. The first kappa shape index (κ1) is 13.5. The fourth-order valence-corrected chi connectivity index (χ4v) is 1.80. The van der Waals surface area contributed by atoms with Gasteiger partial charge in [-0.25, -0.2) is 0 Å². The van der Waals surface area contributed by atoms with Crippen LogP contribution in [0.2, 0.25) is 0 Å². The summed E-state index contributed by atoms with van der Waals surface area (Å²) in [4.78, 5) is -0.814. The Bertz CT molecular complexity index is 152. The molecular formula is C6H6Cl6. The first-order valence-corrected chi connectivity index (χ1v) is 5.47. The lowest BCUT2D eigenvalue weighted by molar-refractivity contribution is 0.748. The van der Waals surface area contributed by atoms with E-state index in [-0.39, 0.29) is 0 Å². The molecule has 0 nitrogen and oxygen atoms in total. The van der Waals surface area contributed by atoms with Gasteiger partial charge in [-0.2, -0.15) is 0 Å². The number of halogens is 6. The first-order chi connectivity index (χ1) is 5.41. The van der Waals surface area contributed by atoms with Crippen molar-refractivity contribution in [2.75, 3.05) is 0 Å². The fourth-order valence-electron chi connectivity index (χ4n) is 0.499. The third-order valence-electron chi connectivity index (χ3n) is 1.10. The van der Waals surface area contributed by atoms with Crippen LogP contribution < -0.4 is 0 Å². The lowest BCUT2D eigenvalue weighted by atomic mass is 10.2. The Kier molecular flexibility index (Phi) is 6.80. The minimum Gasteiger partial charge on any atom is -0.117 e. The topological polar surface area (TPSA) is 0 Å². The maximum absolute atomic E-state index is 5.82. The summed E-state index contributed by atoms with van der Waals surface area (Å²) in [6, 6.07) is 0. The van der Waals surface area contributed by atoms with Gasteiger partial charge in [0.15, 0.2) is 0 Å². The third-order valence-corrected chi connectivity index (χ3v) is 3.67. The van der Waals surface area contributed by atoms with Crippen molar-refractivity contribution < 1.29 is 0 Å². The molecule has 0 aromatic heterocycles. The smallest absolute Gasteiger partial charge is 0.117 e. The summed E-state index contributed by atoms with van der Waals surface area (Å²) < 4.78 is -1.19. The van der Waals surface area contributed by atoms with Crippen LogP contribution in [0.3, 0.4) is 0 Å². The molecule has 12 heavy (non-hydrogen) atoms. The Hall–Kier alpha value is 1.48. The fraction of sp³-hybridized carbons (Fsp3) is 0.667. The van der Waals surface area contributed by atoms with Gasteiger partial charge in [-0.05, 0) is 0 Å². The molecule has 1 atom stereocenters. The van der Waals surface area contributed by atoms with Crippen LogP contribution >= 0.6 is 69.6 Å². The molecule has 0 heterocycles. The van der Waals surface area contributed by atoms with Crippen LogP contribution in [0.4, 0.5) is 0 Å². The van der Waals surface area contributed by atoms with Gasteiger partial charge in [0.1, 0.15) is 9.17 Å². The van der Waals surface area contributed by atoms with Crippen LogP contribution in [-0.4, -0.2) is 14.5 Å². The highest BCUT2D eigenvalue weighted by Gasteiger charge is 2.36. The van der Waals surface area contributed by atoms with E-state index >= 15 is 0 Å². The molecule has 0 aliphatic heterocycles. The molecule has 1 unspecified atom stereocenters. The SMILES string of the molecule is Cl/C=C/CC(Cl)(Cl)C(Cl)C(Cl)Cl. The summed E-state index contributed by atoms with van der Waals surface area (Å²) in [5, 5.41) is -0.739. The number of allylic oxidation sites excluding steroid dienone is 1. The third kappa shape index (κ3) is 4.64. The quantitative estimate of drug-likeness (QED) is 0.658. The molecule has 0 saturated carbocycles. The largest absolute Gasteiger partial charge is 0.140 e. The number of hydrogen-bond acceptors (Lipinski definition) is 0. The van der Waals surface area contributed by atoms with Crippen LogP contribution in [0, 0.1) is 0 Å². The van der Waals surface area contributed by atoms with E-state index in [0.29, 0.717) is 6.42 Å². The van der Waals surface area contributed by atoms with Crippen molar-refractivity contribution >= 4 is 69.6 Å². The van der Waals surface area contributed by atoms with Gasteiger partial charge in [-0.1, -0.05) is 40.9 Å². The minimum absolute atomic E-state index is 0.295. The Morgan fingerprint density at radius 1 is 1.17 bits per heavy atom. The van der Waals surface area contributed by atoms with Crippen molar-refractivity contribution in [2.24, 2.45) is 0 Å². The van der Waals surface area contributed by atoms with Gasteiger partial charge in [0.05, 0.1) is 5.38 Å². The lowest BCUT2D eigenvalue weighted by Gasteiger charge is -2.24. The monoisotopic (exact) mass is 288 g/mol. The zero-order valence-corrected chi connectivity index (χ0v) is 10.3. The molecule has 0 radical (unpaired) electrons. The highest BCUT2D eigenvalue weighted by molar-refractivity contribution is 6.56. The van der Waals surface area contributed by atoms with Crippen LogP contribution in [0.1, 0.15) is 6.42 Å². The normalized spacial score (nSPS) is 15.9. The van der Waals surface area contributed by atoms with Gasteiger partial charge in [0, 0.05) is 12.0 Å². The molecule has 0 rings (SSSR count). The van der Waals surface area contributed by atoms with E-state index < -0.39 is 14.5 Å². The second kappa shape index (κ2) is 6.06. The van der Waals surface area contributed by atoms with Crippen LogP contribution in [0.5, 0.6) is 0 Å². The number of rotatable bonds is 4. The van der Waals surface area contributed by atoms with Crippen LogP contribution in [-0.2, 0) is 0 Å². The molecule has 0 bridgehead atoms. The summed E-state index contributed by atoms with van der Waals surface area (Å²) >= 11 is 33.7. The molecule has 0 aliphatic rings. The minimum atomic E-state index is -1.19. The van der Waals surface area contributed by atoms with Crippen molar-refractivity contribution in [3.63, 3.8) is 0 Å². The predicted molar refractivity (Wildman–Crippen MR) is 59.2 cm³/mol. The molecule has 72 valence electrons. The Morgan fingerprint density at radius 2 is 1.67 bits per heavy atom. The molecule has 6 heteroatoms. The van der Waals surface area contributed by atoms with E-state index in [9.17, 15) is 0 Å². The maximum atomic E-state index is 5.82. The summed E-state index contributed by atoms with van der Waals surface area (Å²) in [5.74, 6) is 0. The van der Waals surface area contributed by atoms with E-state index in [4.69, 9.17) is 69.6 Å². The standard InChI is InChI=1S/C6H6Cl6/c7-3-1-2-6(11,12)4(8)5(9)10/h1,3-5H,2H2/b3-1+. The van der Waals surface area contributed by atoms with Crippen LogP contribution in [0.15, 0.2) is 11.6 Å². The van der Waals surface area contributed by atoms with E-state index in [0.717, 1.165) is 0 Å². The van der Waals surface area contributed by atoms with Gasteiger partial charge in [0.25, 0.3) is 0 Å². The molecular weight excluding hydrogens is 285 g/mol. The lowest BCUT2D eigenvalue weighted by Crippen LogP contribution is -2.31. The number of alkyl halides is 5. The average molecular weight is 291 g/mol. The predicted octanol–water partition coefficient (Wildman–Crippen LogP) is 4.71. The van der Waals surface area contributed by atoms with E-state index in [1.165, 1.54) is 5.54 Å². The second-order valence-electron chi connectivity index (χ2n) is 2.06. The summed E-state index contributed by atoms with van der Waals surface area (Å²) in [5.41, 5.74) is 1.31. The van der Waals surface area contributed by atoms with Crippen molar-refractivity contribution in [1.82, 2.24) is 0 Å². The van der Waals surface area contributed by atoms with Crippen molar-refractivity contribution in [3.05, 3.63) is 11.6 Å². The molecule has 0 spiro atoms. The first-order valence-electron chi connectivity index (χ1n) is 2.97. The molecule has 0 aromatic carbocycles. The van der Waals surface area contributed by atoms with E-state index in [1.807, 2.05) is 0 Å². The highest BCUT2D eigenvalue weighted by Crippen LogP contribution is 2.38. The second-order valence-corrected chi connectivity index (χ2v) is 5.49. The van der Waals surface area contributed by atoms with Gasteiger partial charge in [0.2, 0.25) is 0 Å². The maximum Gasteiger partial charge on any atom is 0.140 e. The molecule has 0 aliphatic carbocycles.